The minimum absolute atomic E-state index is 0.104. The summed E-state index contributed by atoms with van der Waals surface area (Å²) in [4.78, 5) is 19.3. The zero-order valence-electron chi connectivity index (χ0n) is 17.1. The van der Waals surface area contributed by atoms with Gasteiger partial charge in [-0.2, -0.15) is 0 Å². The molecular formula is C25H28N4O. The molecule has 2 aromatic carbocycles. The van der Waals surface area contributed by atoms with Crippen LogP contribution in [0.25, 0.3) is 0 Å². The Morgan fingerprint density at radius 2 is 1.80 bits per heavy atom. The van der Waals surface area contributed by atoms with E-state index < -0.39 is 0 Å². The van der Waals surface area contributed by atoms with Crippen molar-refractivity contribution in [1.82, 2.24) is 10.3 Å². The Labute approximate surface area is 177 Å². The van der Waals surface area contributed by atoms with Crippen LogP contribution in [0.5, 0.6) is 0 Å². The van der Waals surface area contributed by atoms with Crippen LogP contribution in [0.1, 0.15) is 34.3 Å². The molecule has 4 rings (SSSR count). The van der Waals surface area contributed by atoms with Gasteiger partial charge in [0.05, 0.1) is 5.56 Å². The third-order valence-electron chi connectivity index (χ3n) is 5.76. The van der Waals surface area contributed by atoms with E-state index in [1.54, 1.807) is 18.5 Å². The van der Waals surface area contributed by atoms with Crippen LogP contribution < -0.4 is 16.0 Å². The van der Waals surface area contributed by atoms with E-state index in [0.29, 0.717) is 23.7 Å². The predicted molar refractivity (Wildman–Crippen MR) is 121 cm³/mol. The Hall–Kier alpha value is -3.34. The summed E-state index contributed by atoms with van der Waals surface area (Å²) in [7, 11) is 0. The molecule has 1 aromatic heterocycles. The summed E-state index contributed by atoms with van der Waals surface area (Å²) in [6, 6.07) is 20.1. The number of aromatic nitrogens is 1. The first kappa shape index (κ1) is 20.0. The van der Waals surface area contributed by atoms with E-state index in [1.165, 1.54) is 5.56 Å². The topological polar surface area (TPSA) is 71.2 Å². The summed E-state index contributed by atoms with van der Waals surface area (Å²) >= 11 is 0. The number of anilines is 2. The van der Waals surface area contributed by atoms with Crippen LogP contribution in [0.4, 0.5) is 11.4 Å². The Bertz CT molecular complexity index is 967. The van der Waals surface area contributed by atoms with E-state index in [1.807, 2.05) is 24.3 Å². The first-order chi connectivity index (χ1) is 14.7. The van der Waals surface area contributed by atoms with Crippen LogP contribution in [0.15, 0.2) is 73.1 Å². The number of benzene rings is 2. The fourth-order valence-electron chi connectivity index (χ4n) is 4.12. The molecule has 0 bridgehead atoms. The standard InChI is InChI=1S/C25H28N4O/c26-22-8-9-24(23(16-22)25(30)28-18-21-7-4-12-27-17-21)29-13-10-20(11-14-29)15-19-5-2-1-3-6-19/h1-9,12,16-17,20H,10-11,13-15,18,26H2,(H,28,30). The van der Waals surface area contributed by atoms with Gasteiger partial charge in [0.15, 0.2) is 0 Å². The molecule has 30 heavy (non-hydrogen) atoms. The SMILES string of the molecule is Nc1ccc(N2CCC(Cc3ccccc3)CC2)c(C(=O)NCc2cccnc2)c1. The van der Waals surface area contributed by atoms with Gasteiger partial charge >= 0.3 is 0 Å². The van der Waals surface area contributed by atoms with Crippen LogP contribution in [0.3, 0.4) is 0 Å². The summed E-state index contributed by atoms with van der Waals surface area (Å²) in [5.41, 5.74) is 10.6. The first-order valence-corrected chi connectivity index (χ1v) is 10.5. The molecule has 0 saturated carbocycles. The highest BCUT2D eigenvalue weighted by molar-refractivity contribution is 6.00. The van der Waals surface area contributed by atoms with Crippen LogP contribution >= 0.6 is 0 Å². The largest absolute Gasteiger partial charge is 0.399 e. The first-order valence-electron chi connectivity index (χ1n) is 10.5. The maximum atomic E-state index is 12.9. The van der Waals surface area contributed by atoms with E-state index in [9.17, 15) is 4.79 Å². The Kier molecular flexibility index (Phi) is 6.28. The van der Waals surface area contributed by atoms with E-state index >= 15 is 0 Å². The van der Waals surface area contributed by atoms with E-state index in [2.05, 4.69) is 45.5 Å². The van der Waals surface area contributed by atoms with Crippen molar-refractivity contribution in [3.63, 3.8) is 0 Å². The molecule has 1 saturated heterocycles. The quantitative estimate of drug-likeness (QED) is 0.612. The average molecular weight is 401 g/mol. The summed E-state index contributed by atoms with van der Waals surface area (Å²) in [6.07, 6.45) is 6.85. The molecule has 5 nitrogen and oxygen atoms in total. The summed E-state index contributed by atoms with van der Waals surface area (Å²) in [5, 5.41) is 3.00. The van der Waals surface area contributed by atoms with Gasteiger partial charge in [-0.25, -0.2) is 0 Å². The number of pyridine rings is 1. The molecule has 1 aliphatic rings. The van der Waals surface area contributed by atoms with Crippen molar-refractivity contribution in [1.29, 1.82) is 0 Å². The van der Waals surface area contributed by atoms with E-state index in [0.717, 1.165) is 43.6 Å². The molecule has 2 heterocycles. The zero-order chi connectivity index (χ0) is 20.8. The molecule has 0 unspecified atom stereocenters. The number of hydrogen-bond donors (Lipinski definition) is 2. The highest BCUT2D eigenvalue weighted by atomic mass is 16.1. The summed E-state index contributed by atoms with van der Waals surface area (Å²) in [5.74, 6) is 0.577. The molecule has 0 aliphatic carbocycles. The van der Waals surface area contributed by atoms with Gasteiger partial charge in [0.2, 0.25) is 0 Å². The second-order valence-electron chi connectivity index (χ2n) is 7.94. The summed E-state index contributed by atoms with van der Waals surface area (Å²) < 4.78 is 0. The maximum Gasteiger partial charge on any atom is 0.253 e. The molecule has 1 fully saturated rings. The third-order valence-corrected chi connectivity index (χ3v) is 5.76. The fourth-order valence-corrected chi connectivity index (χ4v) is 4.12. The number of nitrogens with zero attached hydrogens (tertiary/aromatic N) is 2. The second-order valence-corrected chi connectivity index (χ2v) is 7.94. The molecule has 1 amide bonds. The van der Waals surface area contributed by atoms with Crippen LogP contribution in [-0.2, 0) is 13.0 Å². The number of rotatable bonds is 6. The Morgan fingerprint density at radius 1 is 1.03 bits per heavy atom. The van der Waals surface area contributed by atoms with Crippen LogP contribution in [0, 0.1) is 5.92 Å². The van der Waals surface area contributed by atoms with Crippen molar-refractivity contribution in [2.45, 2.75) is 25.8 Å². The number of piperidine rings is 1. The van der Waals surface area contributed by atoms with Crippen molar-refractivity contribution < 1.29 is 4.79 Å². The lowest BCUT2D eigenvalue weighted by atomic mass is 9.89. The highest BCUT2D eigenvalue weighted by Crippen LogP contribution is 2.29. The van der Waals surface area contributed by atoms with Crippen molar-refractivity contribution in [3.8, 4) is 0 Å². The Morgan fingerprint density at radius 3 is 2.53 bits per heavy atom. The minimum atomic E-state index is -0.104. The zero-order valence-corrected chi connectivity index (χ0v) is 17.1. The normalized spacial score (nSPS) is 14.5. The van der Waals surface area contributed by atoms with Crippen molar-refractivity contribution in [3.05, 3.63) is 89.7 Å². The van der Waals surface area contributed by atoms with Crippen LogP contribution in [-0.4, -0.2) is 24.0 Å². The molecule has 0 atom stereocenters. The van der Waals surface area contributed by atoms with Gasteiger partial charge in [-0.3, -0.25) is 9.78 Å². The van der Waals surface area contributed by atoms with Crippen molar-refractivity contribution >= 4 is 17.3 Å². The Balaban J connectivity index is 1.41. The second kappa shape index (κ2) is 9.44. The number of nitrogen functional groups attached to an aromatic ring is 1. The molecule has 1 aliphatic heterocycles. The fraction of sp³-hybridized carbons (Fsp3) is 0.280. The third kappa shape index (κ3) is 4.98. The van der Waals surface area contributed by atoms with Gasteiger partial charge < -0.3 is 16.0 Å². The van der Waals surface area contributed by atoms with Gasteiger partial charge in [0, 0.05) is 43.4 Å². The monoisotopic (exact) mass is 400 g/mol. The lowest BCUT2D eigenvalue weighted by Gasteiger charge is -2.34. The van der Waals surface area contributed by atoms with Crippen molar-refractivity contribution in [2.24, 2.45) is 5.92 Å². The number of carbonyl (C=O) groups is 1. The average Bonchev–Trinajstić information content (AvgIpc) is 2.79. The number of nitrogens with one attached hydrogen (secondary N) is 1. The van der Waals surface area contributed by atoms with E-state index in [-0.39, 0.29) is 5.91 Å². The molecule has 0 spiro atoms. The smallest absolute Gasteiger partial charge is 0.253 e. The minimum Gasteiger partial charge on any atom is -0.399 e. The number of amides is 1. The number of hydrogen-bond acceptors (Lipinski definition) is 4. The van der Waals surface area contributed by atoms with E-state index in [4.69, 9.17) is 5.73 Å². The molecule has 0 radical (unpaired) electrons. The van der Waals surface area contributed by atoms with Gasteiger partial charge in [0.1, 0.15) is 0 Å². The van der Waals surface area contributed by atoms with Gasteiger partial charge in [-0.15, -0.1) is 0 Å². The van der Waals surface area contributed by atoms with Crippen LogP contribution in [0.2, 0.25) is 0 Å². The number of nitrogens with two attached hydrogens (primary N) is 1. The highest BCUT2D eigenvalue weighted by Gasteiger charge is 2.23. The molecule has 154 valence electrons. The summed E-state index contributed by atoms with van der Waals surface area (Å²) in [6.45, 7) is 2.34. The molecule has 3 aromatic rings. The van der Waals surface area contributed by atoms with Gasteiger partial charge in [0.25, 0.3) is 5.91 Å². The predicted octanol–water partition coefficient (Wildman–Crippen LogP) is 4.05. The molecule has 5 heteroatoms. The lowest BCUT2D eigenvalue weighted by Crippen LogP contribution is -2.36. The van der Waals surface area contributed by atoms with Gasteiger partial charge in [-0.1, -0.05) is 36.4 Å². The molecular weight excluding hydrogens is 372 g/mol. The number of carbonyl (C=O) groups excluding carboxylic acids is 1. The van der Waals surface area contributed by atoms with Crippen molar-refractivity contribution in [2.75, 3.05) is 23.7 Å². The molecule has 3 N–H and O–H groups in total. The maximum absolute atomic E-state index is 12.9. The lowest BCUT2D eigenvalue weighted by molar-refractivity contribution is 0.0951. The van der Waals surface area contributed by atoms with Gasteiger partial charge in [-0.05, 0) is 60.6 Å².